The molecule has 2 fully saturated rings. The Kier molecular flexibility index (Phi) is 12.9. The highest BCUT2D eigenvalue weighted by atomic mass is 32.1. The molecular formula is C31H43N4O6PS. The van der Waals surface area contributed by atoms with Crippen LogP contribution in [0.3, 0.4) is 0 Å². The standard InChI is InChI=1S/C11H21NO.C10H12N2O.C10H10NO4PS/c1-10(2)6-5-7-11(13)12-8-3-4-9-12;1-8-2-3-11-4-10(8)9-5-12(6-9)7-13;11-10(12)9-4-7-3-6(5-16(13,14)15)1-2-8(7)17-9/h10H,3-9H2,1-2H3;2-4,7,9H,5-6H2,1H3;1-4H,5H2,(H2,11,12)(H2,13,14,15). The second-order valence-electron chi connectivity index (χ2n) is 11.5. The fourth-order valence-electron chi connectivity index (χ4n) is 5.04. The van der Waals surface area contributed by atoms with Gasteiger partial charge in [0.05, 0.1) is 11.0 Å². The number of nitrogens with zero attached hydrogens (tertiary/aromatic N) is 3. The molecule has 12 heteroatoms. The van der Waals surface area contributed by atoms with Crippen LogP contribution in [0.5, 0.6) is 0 Å². The zero-order chi connectivity index (χ0) is 31.6. The summed E-state index contributed by atoms with van der Waals surface area (Å²) in [5, 5.41) is 0.773. The monoisotopic (exact) mass is 630 g/mol. The van der Waals surface area contributed by atoms with E-state index >= 15 is 0 Å². The van der Waals surface area contributed by atoms with E-state index in [-0.39, 0.29) is 6.16 Å². The number of fused-ring (bicyclic) bond motifs is 1. The second-order valence-corrected chi connectivity index (χ2v) is 14.3. The molecule has 3 aromatic rings. The predicted octanol–water partition coefficient (Wildman–Crippen LogP) is 5.06. The average molecular weight is 631 g/mol. The molecule has 3 amide bonds. The Labute approximate surface area is 257 Å². The number of pyridine rings is 1. The smallest absolute Gasteiger partial charge is 0.329 e. The molecule has 2 aliphatic heterocycles. The third-order valence-corrected chi connectivity index (χ3v) is 9.33. The van der Waals surface area contributed by atoms with Crippen molar-refractivity contribution < 1.29 is 28.7 Å². The largest absolute Gasteiger partial charge is 0.365 e. The molecule has 0 radical (unpaired) electrons. The van der Waals surface area contributed by atoms with E-state index in [4.69, 9.17) is 15.5 Å². The molecule has 2 aliphatic rings. The molecule has 10 nitrogen and oxygen atoms in total. The van der Waals surface area contributed by atoms with Crippen molar-refractivity contribution in [1.29, 1.82) is 0 Å². The van der Waals surface area contributed by atoms with E-state index < -0.39 is 13.5 Å². The summed E-state index contributed by atoms with van der Waals surface area (Å²) in [6.45, 7) is 10.2. The van der Waals surface area contributed by atoms with Gasteiger partial charge in [0.25, 0.3) is 5.91 Å². The van der Waals surface area contributed by atoms with E-state index in [1.165, 1.54) is 41.7 Å². The molecule has 0 spiro atoms. The van der Waals surface area contributed by atoms with Gasteiger partial charge in [-0.05, 0) is 78.4 Å². The molecule has 0 bridgehead atoms. The highest BCUT2D eigenvalue weighted by molar-refractivity contribution is 7.50. The number of amides is 3. The molecule has 2 saturated heterocycles. The third kappa shape index (κ3) is 11.2. The topological polar surface area (TPSA) is 154 Å². The summed E-state index contributed by atoms with van der Waals surface area (Å²) in [5.74, 6) is 1.10. The van der Waals surface area contributed by atoms with E-state index in [9.17, 15) is 18.9 Å². The van der Waals surface area contributed by atoms with Gasteiger partial charge in [0.1, 0.15) is 0 Å². The Morgan fingerprint density at radius 3 is 2.44 bits per heavy atom. The number of hydrogen-bond acceptors (Lipinski definition) is 6. The number of likely N-dealkylation sites (tertiary alicyclic amines) is 2. The molecule has 0 aliphatic carbocycles. The third-order valence-electron chi connectivity index (χ3n) is 7.42. The van der Waals surface area contributed by atoms with Crippen LogP contribution in [0.25, 0.3) is 10.1 Å². The number of thiophene rings is 1. The maximum atomic E-state index is 11.6. The van der Waals surface area contributed by atoms with Crippen molar-refractivity contribution in [1.82, 2.24) is 14.8 Å². The van der Waals surface area contributed by atoms with Gasteiger partial charge in [-0.1, -0.05) is 26.3 Å². The van der Waals surface area contributed by atoms with Crippen molar-refractivity contribution in [2.45, 2.75) is 65.0 Å². The van der Waals surface area contributed by atoms with E-state index in [2.05, 4.69) is 25.8 Å². The number of aromatic nitrogens is 1. The number of hydrogen-bond donors (Lipinski definition) is 3. The Morgan fingerprint density at radius 2 is 1.86 bits per heavy atom. The van der Waals surface area contributed by atoms with Crippen LogP contribution < -0.4 is 5.73 Å². The number of primary amides is 1. The molecule has 1 aromatic carbocycles. The molecule has 4 N–H and O–H groups in total. The van der Waals surface area contributed by atoms with Crippen LogP contribution in [-0.2, 0) is 20.3 Å². The Morgan fingerprint density at radius 1 is 1.16 bits per heavy atom. The van der Waals surface area contributed by atoms with E-state index in [0.717, 1.165) is 61.4 Å². The van der Waals surface area contributed by atoms with Gasteiger partial charge in [0, 0.05) is 55.6 Å². The SMILES string of the molecule is CC(C)CCCC(=O)N1CCCC1.Cc1ccncc1C1CN(C=O)C1.NC(=O)c1cc2cc(CP(=O)(O)O)ccc2s1. The van der Waals surface area contributed by atoms with Crippen molar-refractivity contribution in [2.75, 3.05) is 26.2 Å². The molecular weight excluding hydrogens is 587 g/mol. The number of rotatable bonds is 9. The van der Waals surface area contributed by atoms with Crippen molar-refractivity contribution in [3.05, 3.63) is 64.3 Å². The number of aryl methyl sites for hydroxylation is 1. The lowest BCUT2D eigenvalue weighted by Crippen LogP contribution is -2.44. The van der Waals surface area contributed by atoms with Crippen LogP contribution in [0.2, 0.25) is 0 Å². The van der Waals surface area contributed by atoms with Crippen LogP contribution in [0.15, 0.2) is 42.7 Å². The lowest BCUT2D eigenvalue weighted by Gasteiger charge is -2.37. The molecule has 0 saturated carbocycles. The van der Waals surface area contributed by atoms with Crippen LogP contribution in [0.4, 0.5) is 0 Å². The fraction of sp³-hybridized carbons (Fsp3) is 0.484. The highest BCUT2D eigenvalue weighted by Gasteiger charge is 2.27. The van der Waals surface area contributed by atoms with Crippen molar-refractivity contribution in [3.8, 4) is 0 Å². The molecule has 0 atom stereocenters. The van der Waals surface area contributed by atoms with E-state index in [1.54, 1.807) is 35.4 Å². The van der Waals surface area contributed by atoms with Gasteiger partial charge in [0.2, 0.25) is 12.3 Å². The minimum absolute atomic E-state index is 0.301. The first-order chi connectivity index (χ1) is 20.4. The first-order valence-electron chi connectivity index (χ1n) is 14.6. The maximum absolute atomic E-state index is 11.6. The summed E-state index contributed by atoms with van der Waals surface area (Å²) in [6.07, 6.45) is 9.72. The van der Waals surface area contributed by atoms with Crippen LogP contribution >= 0.6 is 18.9 Å². The zero-order valence-corrected chi connectivity index (χ0v) is 26.9. The molecule has 5 rings (SSSR count). The summed E-state index contributed by atoms with van der Waals surface area (Å²) < 4.78 is 11.7. The van der Waals surface area contributed by atoms with Gasteiger partial charge in [0.15, 0.2) is 0 Å². The van der Waals surface area contributed by atoms with Gasteiger partial charge in [-0.3, -0.25) is 23.9 Å². The Balaban J connectivity index is 0.000000179. The lowest BCUT2D eigenvalue weighted by atomic mass is 9.90. The Bertz CT molecular complexity index is 1430. The molecule has 0 unspecified atom stereocenters. The fourth-order valence-corrected chi connectivity index (χ4v) is 6.60. The van der Waals surface area contributed by atoms with Crippen LogP contribution in [-0.4, -0.2) is 69.0 Å². The first kappa shape index (κ1) is 34.4. The molecule has 2 aromatic heterocycles. The van der Waals surface area contributed by atoms with Gasteiger partial charge in [-0.15, -0.1) is 11.3 Å². The van der Waals surface area contributed by atoms with Crippen LogP contribution in [0, 0.1) is 12.8 Å². The van der Waals surface area contributed by atoms with Crippen LogP contribution in [0.1, 0.15) is 78.2 Å². The zero-order valence-electron chi connectivity index (χ0n) is 25.1. The molecule has 4 heterocycles. The van der Waals surface area contributed by atoms with Gasteiger partial charge in [-0.2, -0.15) is 0 Å². The minimum atomic E-state index is -4.07. The van der Waals surface area contributed by atoms with Crippen molar-refractivity contribution in [3.63, 3.8) is 0 Å². The predicted molar refractivity (Wildman–Crippen MR) is 170 cm³/mol. The summed E-state index contributed by atoms with van der Waals surface area (Å²) >= 11 is 1.26. The van der Waals surface area contributed by atoms with Gasteiger partial charge >= 0.3 is 7.60 Å². The number of carbonyl (C=O) groups is 3. The number of carbonyl (C=O) groups excluding carboxylic acids is 3. The number of nitrogens with two attached hydrogens (primary N) is 1. The van der Waals surface area contributed by atoms with Gasteiger partial charge in [-0.25, -0.2) is 0 Å². The van der Waals surface area contributed by atoms with E-state index in [0.29, 0.717) is 22.3 Å². The summed E-state index contributed by atoms with van der Waals surface area (Å²) in [7, 11) is -4.07. The highest BCUT2D eigenvalue weighted by Crippen LogP contribution is 2.40. The lowest BCUT2D eigenvalue weighted by molar-refractivity contribution is -0.130. The van der Waals surface area contributed by atoms with Gasteiger partial charge < -0.3 is 25.3 Å². The molecule has 43 heavy (non-hydrogen) atoms. The first-order valence-corrected chi connectivity index (χ1v) is 17.2. The molecule has 234 valence electrons. The number of benzene rings is 1. The van der Waals surface area contributed by atoms with Crippen molar-refractivity contribution in [2.24, 2.45) is 11.7 Å². The minimum Gasteiger partial charge on any atom is -0.365 e. The normalized spacial score (nSPS) is 14.9. The summed E-state index contributed by atoms with van der Waals surface area (Å²) in [5.41, 5.74) is 8.25. The second kappa shape index (κ2) is 16.1. The van der Waals surface area contributed by atoms with Crippen molar-refractivity contribution >= 4 is 47.2 Å². The maximum Gasteiger partial charge on any atom is 0.329 e. The average Bonchev–Trinajstić information content (AvgIpc) is 3.59. The summed E-state index contributed by atoms with van der Waals surface area (Å²) in [4.78, 5) is 59.0. The summed E-state index contributed by atoms with van der Waals surface area (Å²) in [6, 6.07) is 8.68. The Hall–Kier alpha value is -3.11. The van der Waals surface area contributed by atoms with E-state index in [1.807, 2.05) is 17.2 Å². The quantitative estimate of drug-likeness (QED) is 0.221.